The van der Waals surface area contributed by atoms with Crippen LogP contribution >= 0.6 is 0 Å². The number of rotatable bonds is 3. The third kappa shape index (κ3) is 3.79. The Morgan fingerprint density at radius 3 is 2.20 bits per heavy atom. The maximum absolute atomic E-state index is 15.8. The van der Waals surface area contributed by atoms with E-state index in [0.29, 0.717) is 4.68 Å². The minimum absolute atomic E-state index is 0.0110. The van der Waals surface area contributed by atoms with Crippen LogP contribution < -0.4 is 0 Å². The van der Waals surface area contributed by atoms with Gasteiger partial charge in [-0.05, 0) is 12.1 Å². The smallest absolute Gasteiger partial charge is 0.435 e. The molecular formula is C22H19F7N2O4. The molecule has 2 unspecified atom stereocenters. The van der Waals surface area contributed by atoms with Crippen molar-refractivity contribution in [3.8, 4) is 0 Å². The van der Waals surface area contributed by atoms with Gasteiger partial charge in [0.15, 0.2) is 18.0 Å². The summed E-state index contributed by atoms with van der Waals surface area (Å²) in [6.45, 7) is -0.512. The molecule has 1 aliphatic heterocycles. The maximum Gasteiger partial charge on any atom is 0.435 e. The summed E-state index contributed by atoms with van der Waals surface area (Å²) >= 11 is 0. The summed E-state index contributed by atoms with van der Waals surface area (Å²) in [5.74, 6) is -3.64. The number of carbonyl (C=O) groups excluding carboxylic acids is 1. The number of hydrogen-bond acceptors (Lipinski definition) is 5. The molecule has 6 nitrogen and oxygen atoms in total. The van der Waals surface area contributed by atoms with E-state index in [1.54, 1.807) is 6.07 Å². The molecule has 1 spiro atoms. The Balaban J connectivity index is 1.65. The average Bonchev–Trinajstić information content (AvgIpc) is 3.51. The molecule has 1 saturated carbocycles. The van der Waals surface area contributed by atoms with Crippen molar-refractivity contribution in [2.24, 2.45) is 0 Å². The predicted octanol–water partition coefficient (Wildman–Crippen LogP) is 4.70. The number of ether oxygens (including phenoxy) is 3. The fourth-order valence-electron chi connectivity index (χ4n) is 4.92. The molecule has 0 amide bonds. The van der Waals surface area contributed by atoms with E-state index in [-0.39, 0.29) is 18.8 Å². The Morgan fingerprint density at radius 2 is 1.63 bits per heavy atom. The second kappa shape index (κ2) is 8.47. The number of alkyl halides is 7. The lowest BCUT2D eigenvalue weighted by Crippen LogP contribution is -2.40. The number of nitrogens with zero attached hydrogens (tertiary/aromatic N) is 2. The predicted molar refractivity (Wildman–Crippen MR) is 103 cm³/mol. The van der Waals surface area contributed by atoms with Gasteiger partial charge in [0.25, 0.3) is 0 Å². The molecule has 13 heteroatoms. The zero-order chi connectivity index (χ0) is 25.1. The molecule has 2 aromatic rings. The number of esters is 1. The minimum atomic E-state index is -5.14. The van der Waals surface area contributed by atoms with Gasteiger partial charge in [-0.25, -0.2) is 22.4 Å². The molecule has 2 heterocycles. The summed E-state index contributed by atoms with van der Waals surface area (Å²) in [5.41, 5.74) is -3.04. The van der Waals surface area contributed by atoms with Crippen LogP contribution in [-0.2, 0) is 26.2 Å². The molecule has 0 bridgehead atoms. The Bertz CT molecular complexity index is 1090. The normalized spacial score (nSPS) is 32.1. The molecular weight excluding hydrogens is 489 g/mol. The lowest BCUT2D eigenvalue weighted by atomic mass is 9.90. The molecule has 2 aliphatic carbocycles. The van der Waals surface area contributed by atoms with Crippen molar-refractivity contribution in [1.29, 1.82) is 0 Å². The van der Waals surface area contributed by atoms with Crippen LogP contribution in [0, 0.1) is 0 Å². The Kier molecular flexibility index (Phi) is 5.82. The van der Waals surface area contributed by atoms with Gasteiger partial charge in [0.05, 0.1) is 36.1 Å². The van der Waals surface area contributed by atoms with Gasteiger partial charge in [-0.15, -0.1) is 0 Å². The molecule has 1 aromatic carbocycles. The number of halogens is 7. The monoisotopic (exact) mass is 508 g/mol. The first-order valence-corrected chi connectivity index (χ1v) is 10.8. The van der Waals surface area contributed by atoms with Gasteiger partial charge in [-0.1, -0.05) is 18.2 Å². The van der Waals surface area contributed by atoms with Gasteiger partial charge < -0.3 is 14.2 Å². The summed E-state index contributed by atoms with van der Waals surface area (Å²) in [7, 11) is 0. The van der Waals surface area contributed by atoms with E-state index in [1.807, 2.05) is 0 Å². The first-order valence-electron chi connectivity index (χ1n) is 10.8. The Labute approximate surface area is 193 Å². The van der Waals surface area contributed by atoms with E-state index in [2.05, 4.69) is 5.10 Å². The first-order chi connectivity index (χ1) is 16.5. The second-order valence-electron chi connectivity index (χ2n) is 8.61. The van der Waals surface area contributed by atoms with Gasteiger partial charge in [0.1, 0.15) is 12.3 Å². The summed E-state index contributed by atoms with van der Waals surface area (Å²) < 4.78 is 117. The molecule has 2 fully saturated rings. The molecule has 6 atom stereocenters. The Morgan fingerprint density at radius 1 is 1.03 bits per heavy atom. The highest BCUT2D eigenvalue weighted by molar-refractivity contribution is 5.89. The van der Waals surface area contributed by atoms with Gasteiger partial charge >= 0.3 is 12.1 Å². The highest BCUT2D eigenvalue weighted by Crippen LogP contribution is 2.56. The summed E-state index contributed by atoms with van der Waals surface area (Å²) in [6.07, 6.45) is -18.1. The van der Waals surface area contributed by atoms with Crippen molar-refractivity contribution in [1.82, 2.24) is 9.78 Å². The molecule has 1 saturated heterocycles. The summed E-state index contributed by atoms with van der Waals surface area (Å²) in [4.78, 5) is 12.7. The SMILES string of the molecule is O=C(O[C@H]1c2c(c(C(F)(F)F)nn2C2C[C@@H](F)C(F)[C@@H](F)C2)C2(OCCO2)[C@@H]1F)c1ccccc1. The largest absolute Gasteiger partial charge is 0.449 e. The zero-order valence-corrected chi connectivity index (χ0v) is 17.9. The molecule has 0 N–H and O–H groups in total. The van der Waals surface area contributed by atoms with Crippen molar-refractivity contribution < 1.29 is 49.7 Å². The summed E-state index contributed by atoms with van der Waals surface area (Å²) in [5, 5.41) is 3.52. The summed E-state index contributed by atoms with van der Waals surface area (Å²) in [6, 6.07) is 5.90. The first kappa shape index (κ1) is 24.0. The van der Waals surface area contributed by atoms with Crippen molar-refractivity contribution in [2.45, 2.75) is 61.6 Å². The highest BCUT2D eigenvalue weighted by atomic mass is 19.4. The van der Waals surface area contributed by atoms with Crippen molar-refractivity contribution in [3.63, 3.8) is 0 Å². The minimum Gasteiger partial charge on any atom is -0.449 e. The number of fused-ring (bicyclic) bond motifs is 2. The van der Waals surface area contributed by atoms with Crippen LogP contribution in [0.15, 0.2) is 30.3 Å². The maximum atomic E-state index is 15.8. The zero-order valence-electron chi connectivity index (χ0n) is 17.9. The van der Waals surface area contributed by atoms with E-state index in [9.17, 15) is 31.1 Å². The lowest BCUT2D eigenvalue weighted by molar-refractivity contribution is -0.222. The molecule has 35 heavy (non-hydrogen) atoms. The van der Waals surface area contributed by atoms with E-state index >= 15 is 4.39 Å². The van der Waals surface area contributed by atoms with E-state index in [4.69, 9.17) is 14.2 Å². The van der Waals surface area contributed by atoms with Crippen LogP contribution in [0.3, 0.4) is 0 Å². The fourth-order valence-corrected chi connectivity index (χ4v) is 4.92. The van der Waals surface area contributed by atoms with Gasteiger partial charge in [0, 0.05) is 12.8 Å². The van der Waals surface area contributed by atoms with Crippen LogP contribution in [-0.4, -0.2) is 53.7 Å². The quantitative estimate of drug-likeness (QED) is 0.445. The van der Waals surface area contributed by atoms with E-state index < -0.39 is 84.6 Å². The van der Waals surface area contributed by atoms with Crippen molar-refractivity contribution >= 4 is 5.97 Å². The van der Waals surface area contributed by atoms with Crippen LogP contribution in [0.5, 0.6) is 0 Å². The number of hydrogen-bond donors (Lipinski definition) is 0. The van der Waals surface area contributed by atoms with Crippen LogP contribution in [0.2, 0.25) is 0 Å². The van der Waals surface area contributed by atoms with Gasteiger partial charge in [-0.2, -0.15) is 18.3 Å². The highest BCUT2D eigenvalue weighted by Gasteiger charge is 2.65. The van der Waals surface area contributed by atoms with E-state index in [1.165, 1.54) is 24.3 Å². The molecule has 190 valence electrons. The standard InChI is InChI=1S/C22H19F7N2O4/c23-12-8-11(9-13(24)15(12)25)31-16-14(19(30-31)22(27,28)29)21(33-6-7-34-21)18(26)17(16)35-20(32)10-4-2-1-3-5-10/h1-5,11-13,15,17-18H,6-9H2/t11?,12-,13+,15?,17-,18+/m0/s1. The fraction of sp³-hybridized carbons (Fsp3) is 0.545. The third-order valence-corrected chi connectivity index (χ3v) is 6.45. The molecule has 0 radical (unpaired) electrons. The number of aromatic nitrogens is 2. The van der Waals surface area contributed by atoms with Crippen molar-refractivity contribution in [2.75, 3.05) is 13.2 Å². The number of benzene rings is 1. The van der Waals surface area contributed by atoms with Gasteiger partial charge in [-0.3, -0.25) is 4.68 Å². The average molecular weight is 508 g/mol. The van der Waals surface area contributed by atoms with Gasteiger partial charge in [0.2, 0.25) is 12.0 Å². The number of carbonyl (C=O) groups is 1. The van der Waals surface area contributed by atoms with E-state index in [0.717, 1.165) is 0 Å². The third-order valence-electron chi connectivity index (χ3n) is 6.45. The topological polar surface area (TPSA) is 62.6 Å². The van der Waals surface area contributed by atoms with Crippen LogP contribution in [0.1, 0.15) is 52.3 Å². The second-order valence-corrected chi connectivity index (χ2v) is 8.61. The van der Waals surface area contributed by atoms with Crippen LogP contribution in [0.25, 0.3) is 0 Å². The van der Waals surface area contributed by atoms with Crippen LogP contribution in [0.4, 0.5) is 30.7 Å². The molecule has 3 aliphatic rings. The lowest BCUT2D eigenvalue weighted by Gasteiger charge is -2.32. The molecule has 5 rings (SSSR count). The molecule has 1 aromatic heterocycles. The Hall–Kier alpha value is -2.67. The van der Waals surface area contributed by atoms with Crippen molar-refractivity contribution in [3.05, 3.63) is 52.8 Å².